The molecule has 0 bridgehead atoms. The Morgan fingerprint density at radius 1 is 0.865 bits per heavy atom. The number of carbonyl (C=O) groups excluding carboxylic acids is 3. The summed E-state index contributed by atoms with van der Waals surface area (Å²) in [7, 11) is 7.83. The van der Waals surface area contributed by atoms with E-state index in [4.69, 9.17) is 4.74 Å². The molecule has 1 fully saturated rings. The summed E-state index contributed by atoms with van der Waals surface area (Å²) in [6.45, 7) is 0.233. The van der Waals surface area contributed by atoms with E-state index in [2.05, 4.69) is 10.6 Å². The lowest BCUT2D eigenvalue weighted by atomic mass is 10.0. The van der Waals surface area contributed by atoms with Crippen LogP contribution < -0.4 is 25.3 Å². The van der Waals surface area contributed by atoms with E-state index < -0.39 is 18.2 Å². The second-order valence-corrected chi connectivity index (χ2v) is 14.2. The van der Waals surface area contributed by atoms with Crippen molar-refractivity contribution < 1.29 is 29.0 Å². The van der Waals surface area contributed by atoms with E-state index in [1.807, 2.05) is 123 Å². The minimum Gasteiger partial charge on any atom is -0.464 e. The third kappa shape index (κ3) is 8.10. The van der Waals surface area contributed by atoms with Gasteiger partial charge in [0.15, 0.2) is 0 Å². The summed E-state index contributed by atoms with van der Waals surface area (Å²) in [5.74, 6) is -0.662. The first kappa shape index (κ1) is 36.1. The van der Waals surface area contributed by atoms with Gasteiger partial charge in [-0.1, -0.05) is 54.2 Å². The summed E-state index contributed by atoms with van der Waals surface area (Å²) < 4.78 is 5.19. The topological polar surface area (TPSA) is 135 Å². The Morgan fingerprint density at radius 3 is 2.27 bits per heavy atom. The number of alkyl carbamates (subject to hydrolysis) is 1. The second-order valence-electron chi connectivity index (χ2n) is 13.1. The molecule has 0 unspecified atom stereocenters. The van der Waals surface area contributed by atoms with Crippen LogP contribution >= 0.6 is 11.8 Å². The van der Waals surface area contributed by atoms with E-state index in [0.29, 0.717) is 42.9 Å². The number of nitrogens with one attached hydrogen (secondary N) is 2. The third-order valence-corrected chi connectivity index (χ3v) is 10.2. The van der Waals surface area contributed by atoms with Crippen molar-refractivity contribution in [3.8, 4) is 0 Å². The van der Waals surface area contributed by atoms with Crippen molar-refractivity contribution in [1.82, 2.24) is 10.2 Å². The Kier molecular flexibility index (Phi) is 10.9. The minimum absolute atomic E-state index is 0.0887. The molecule has 0 radical (unpaired) electrons. The van der Waals surface area contributed by atoms with Gasteiger partial charge in [-0.05, 0) is 78.4 Å². The summed E-state index contributed by atoms with van der Waals surface area (Å²) in [5.41, 5.74) is 6.39. The van der Waals surface area contributed by atoms with Gasteiger partial charge in [0.2, 0.25) is 11.8 Å². The second kappa shape index (κ2) is 15.7. The smallest absolute Gasteiger partial charge is 0.416 e. The summed E-state index contributed by atoms with van der Waals surface area (Å²) in [6, 6.07) is 25.8. The van der Waals surface area contributed by atoms with Crippen molar-refractivity contribution in [2.45, 2.75) is 41.7 Å². The molecular weight excluding hydrogens is 681 g/mol. The average Bonchev–Trinajstić information content (AvgIpc) is 3.63. The Hall–Kier alpha value is -5.69. The zero-order chi connectivity index (χ0) is 36.9. The number of nitrogens with zero attached hydrogens (tertiary/aromatic N) is 4. The summed E-state index contributed by atoms with van der Waals surface area (Å²) >= 11 is 1.56. The standard InChI is InChI=1S/C39H42N6O6S/c1-42(2)29-16-17-31-33(21-29)52-34-22-30(43(3)4)20-27(36(34)45(31)39(49)50)19-25-12-14-28(15-13-25)41-37(47)32-11-8-18-44(32)35(46)23-40-38(48)51-24-26-9-6-5-7-10-26/h5-7,9-10,12-17,20-22,32H,8,11,18-19,23-24H2,1-4H3,(H,40,48)(H,41,47)(H,49,50)/t32-/m0/s1. The van der Waals surface area contributed by atoms with Gasteiger partial charge in [-0.2, -0.15) is 0 Å². The molecule has 2 aliphatic heterocycles. The first-order chi connectivity index (χ1) is 25.0. The summed E-state index contributed by atoms with van der Waals surface area (Å²) in [5, 5.41) is 15.9. The number of anilines is 5. The highest BCUT2D eigenvalue weighted by molar-refractivity contribution is 7.99. The van der Waals surface area contributed by atoms with Crippen LogP contribution in [0.2, 0.25) is 0 Å². The van der Waals surface area contributed by atoms with E-state index in [0.717, 1.165) is 37.9 Å². The largest absolute Gasteiger partial charge is 0.464 e. The Morgan fingerprint density at radius 2 is 1.58 bits per heavy atom. The van der Waals surface area contributed by atoms with Gasteiger partial charge in [-0.15, -0.1) is 0 Å². The van der Waals surface area contributed by atoms with Crippen LogP contribution in [0.5, 0.6) is 0 Å². The van der Waals surface area contributed by atoms with E-state index in [1.165, 1.54) is 9.80 Å². The fourth-order valence-electron chi connectivity index (χ4n) is 6.37. The Bertz CT molecular complexity index is 1970. The van der Waals surface area contributed by atoms with E-state index >= 15 is 0 Å². The number of carboxylic acid groups (broad SMARTS) is 1. The van der Waals surface area contributed by atoms with Gasteiger partial charge in [0, 0.05) is 61.6 Å². The Labute approximate surface area is 307 Å². The molecule has 12 nitrogen and oxygen atoms in total. The summed E-state index contributed by atoms with van der Waals surface area (Å²) in [6.07, 6.45) is -0.122. The molecule has 13 heteroatoms. The van der Waals surface area contributed by atoms with Gasteiger partial charge in [-0.3, -0.25) is 9.59 Å². The SMILES string of the molecule is CN(C)c1ccc2c(c1)Sc1cc(N(C)C)cc(Cc3ccc(NC(=O)[C@@H]4CCCN4C(=O)CNC(=O)OCc4ccccc4)cc3)c1N2C(=O)O. The number of benzene rings is 4. The van der Waals surface area contributed by atoms with Crippen molar-refractivity contribution >= 4 is 64.2 Å². The van der Waals surface area contributed by atoms with Crippen molar-refractivity contribution in [2.24, 2.45) is 0 Å². The molecule has 0 saturated carbocycles. The maximum atomic E-state index is 13.3. The molecule has 2 heterocycles. The fourth-order valence-corrected chi connectivity index (χ4v) is 7.55. The van der Waals surface area contributed by atoms with Crippen molar-refractivity contribution in [3.63, 3.8) is 0 Å². The zero-order valence-corrected chi connectivity index (χ0v) is 30.4. The predicted octanol–water partition coefficient (Wildman–Crippen LogP) is 6.55. The summed E-state index contributed by atoms with van der Waals surface area (Å²) in [4.78, 5) is 59.9. The number of rotatable bonds is 10. The molecule has 4 amide bonds. The molecule has 52 heavy (non-hydrogen) atoms. The first-order valence-corrected chi connectivity index (χ1v) is 17.8. The number of hydrogen-bond acceptors (Lipinski definition) is 8. The molecule has 270 valence electrons. The number of amides is 4. The van der Waals surface area contributed by atoms with Crippen LogP contribution in [0.15, 0.2) is 94.7 Å². The van der Waals surface area contributed by atoms with Gasteiger partial charge in [0.1, 0.15) is 19.2 Å². The molecule has 1 atom stereocenters. The van der Waals surface area contributed by atoms with Crippen molar-refractivity contribution in [1.29, 1.82) is 0 Å². The zero-order valence-electron chi connectivity index (χ0n) is 29.6. The number of likely N-dealkylation sites (tertiary alicyclic amines) is 1. The molecule has 0 spiro atoms. The quantitative estimate of drug-likeness (QED) is 0.167. The molecule has 4 aromatic carbocycles. The number of ether oxygens (including phenoxy) is 1. The molecule has 2 aliphatic rings. The van der Waals surface area contributed by atoms with E-state index in [9.17, 15) is 24.3 Å². The number of carbonyl (C=O) groups is 4. The third-order valence-electron chi connectivity index (χ3n) is 9.08. The van der Waals surface area contributed by atoms with Gasteiger partial charge >= 0.3 is 12.2 Å². The van der Waals surface area contributed by atoms with Gasteiger partial charge in [-0.25, -0.2) is 14.5 Å². The molecule has 1 saturated heterocycles. The van der Waals surface area contributed by atoms with Crippen molar-refractivity contribution in [3.05, 3.63) is 102 Å². The molecule has 0 aliphatic carbocycles. The predicted molar refractivity (Wildman–Crippen MR) is 203 cm³/mol. The fraction of sp³-hybridized carbons (Fsp3) is 0.282. The molecular formula is C39H42N6O6S. The van der Waals surface area contributed by atoms with Crippen LogP contribution in [0.1, 0.15) is 29.5 Å². The molecule has 6 rings (SSSR count). The molecule has 3 N–H and O–H groups in total. The van der Waals surface area contributed by atoms with Crippen LogP contribution in [-0.4, -0.2) is 81.3 Å². The lowest BCUT2D eigenvalue weighted by Crippen LogP contribution is -2.47. The maximum Gasteiger partial charge on any atom is 0.416 e. The van der Waals surface area contributed by atoms with Crippen LogP contribution in [0.3, 0.4) is 0 Å². The lowest BCUT2D eigenvalue weighted by molar-refractivity contribution is -0.135. The van der Waals surface area contributed by atoms with Gasteiger partial charge in [0.25, 0.3) is 0 Å². The molecule has 4 aromatic rings. The Balaban J connectivity index is 1.12. The van der Waals surface area contributed by atoms with E-state index in [1.54, 1.807) is 11.8 Å². The van der Waals surface area contributed by atoms with Gasteiger partial charge < -0.3 is 35.2 Å². The van der Waals surface area contributed by atoms with Gasteiger partial charge in [0.05, 0.1) is 11.4 Å². The first-order valence-electron chi connectivity index (χ1n) is 17.0. The van der Waals surface area contributed by atoms with Crippen LogP contribution in [0.25, 0.3) is 0 Å². The van der Waals surface area contributed by atoms with E-state index in [-0.39, 0.29) is 25.0 Å². The van der Waals surface area contributed by atoms with Crippen LogP contribution in [0, 0.1) is 0 Å². The highest BCUT2D eigenvalue weighted by Crippen LogP contribution is 2.52. The minimum atomic E-state index is -1.06. The van der Waals surface area contributed by atoms with Crippen LogP contribution in [-0.2, 0) is 27.4 Å². The maximum absolute atomic E-state index is 13.3. The molecule has 0 aromatic heterocycles. The van der Waals surface area contributed by atoms with Crippen LogP contribution in [0.4, 0.5) is 38.0 Å². The normalized spacial score (nSPS) is 14.6. The highest BCUT2D eigenvalue weighted by Gasteiger charge is 2.35. The van der Waals surface area contributed by atoms with Crippen molar-refractivity contribution in [2.75, 3.05) is 61.3 Å². The highest BCUT2D eigenvalue weighted by atomic mass is 32.2. The number of hydrogen-bond donors (Lipinski definition) is 3. The average molecular weight is 723 g/mol. The lowest BCUT2D eigenvalue weighted by Gasteiger charge is -2.33. The monoisotopic (exact) mass is 722 g/mol. The number of fused-ring (bicyclic) bond motifs is 2.